The van der Waals surface area contributed by atoms with E-state index in [1.165, 1.54) is 6.42 Å². The highest BCUT2D eigenvalue weighted by molar-refractivity contribution is 6.34. The van der Waals surface area contributed by atoms with Crippen LogP contribution in [-0.2, 0) is 4.74 Å². The van der Waals surface area contributed by atoms with Crippen molar-refractivity contribution in [3.8, 4) is 0 Å². The van der Waals surface area contributed by atoms with Crippen molar-refractivity contribution in [2.45, 2.75) is 38.2 Å². The largest absolute Gasteiger partial charge is 0.459 e. The fraction of sp³-hybridized carbons (Fsp3) is 0.214. The summed E-state index contributed by atoms with van der Waals surface area (Å²) in [4.78, 5) is 51.5. The molecule has 3 amide bonds. The van der Waals surface area contributed by atoms with E-state index in [2.05, 4.69) is 5.32 Å². The Hall–Kier alpha value is -4.26. The van der Waals surface area contributed by atoms with E-state index in [0.29, 0.717) is 33.6 Å². The van der Waals surface area contributed by atoms with Crippen LogP contribution < -0.4 is 10.2 Å². The molecule has 7 nitrogen and oxygen atoms in total. The molecule has 0 aromatic heterocycles. The van der Waals surface area contributed by atoms with E-state index >= 15 is 0 Å². The zero-order valence-corrected chi connectivity index (χ0v) is 19.0. The molecular weight excluding hydrogens is 444 g/mol. The van der Waals surface area contributed by atoms with Gasteiger partial charge in [0.2, 0.25) is 0 Å². The molecule has 176 valence electrons. The topological polar surface area (TPSA) is 92.8 Å². The Kier molecular flexibility index (Phi) is 6.14. The number of hydrogen-bond acceptors (Lipinski definition) is 5. The maximum absolute atomic E-state index is 12.7. The quantitative estimate of drug-likeness (QED) is 0.409. The van der Waals surface area contributed by atoms with Crippen LogP contribution >= 0.6 is 0 Å². The third kappa shape index (κ3) is 4.57. The molecule has 1 saturated carbocycles. The standard InChI is InChI=1S/C28H24N2O5/c31-25(29-20-14-10-19(11-15-20)28(34)35-22-6-2-1-3-7-22)18-12-16-21(17-13-18)30-26(32)23-8-4-5-9-24(23)27(30)33/h4-5,8-17,22H,1-3,6-7H2,(H,29,31). The van der Waals surface area contributed by atoms with E-state index in [1.54, 1.807) is 72.8 Å². The smallest absolute Gasteiger partial charge is 0.338 e. The minimum Gasteiger partial charge on any atom is -0.459 e. The van der Waals surface area contributed by atoms with E-state index < -0.39 is 0 Å². The molecular formula is C28H24N2O5. The second kappa shape index (κ2) is 9.54. The highest BCUT2D eigenvalue weighted by atomic mass is 16.5. The van der Waals surface area contributed by atoms with Crippen LogP contribution in [0.1, 0.15) is 73.5 Å². The molecule has 7 heteroatoms. The number of rotatable bonds is 5. The highest BCUT2D eigenvalue weighted by Gasteiger charge is 2.36. The summed E-state index contributed by atoms with van der Waals surface area (Å²) < 4.78 is 5.58. The van der Waals surface area contributed by atoms with Crippen molar-refractivity contribution in [1.82, 2.24) is 0 Å². The Morgan fingerprint density at radius 1 is 0.743 bits per heavy atom. The van der Waals surface area contributed by atoms with Crippen molar-refractivity contribution in [2.75, 3.05) is 10.2 Å². The number of amides is 3. The molecule has 1 N–H and O–H groups in total. The number of hydrogen-bond donors (Lipinski definition) is 1. The summed E-state index contributed by atoms with van der Waals surface area (Å²) in [6, 6.07) is 19.5. The van der Waals surface area contributed by atoms with Gasteiger partial charge in [-0.25, -0.2) is 9.69 Å². The number of carbonyl (C=O) groups excluding carboxylic acids is 4. The van der Waals surface area contributed by atoms with E-state index in [0.717, 1.165) is 30.6 Å². The number of nitrogens with zero attached hydrogens (tertiary/aromatic N) is 1. The molecule has 35 heavy (non-hydrogen) atoms. The van der Waals surface area contributed by atoms with Crippen molar-refractivity contribution in [1.29, 1.82) is 0 Å². The third-order valence-electron chi connectivity index (χ3n) is 6.39. The summed E-state index contributed by atoms with van der Waals surface area (Å²) in [5.41, 5.74) is 2.48. The van der Waals surface area contributed by atoms with E-state index in [1.807, 2.05) is 0 Å². The summed E-state index contributed by atoms with van der Waals surface area (Å²) in [6.45, 7) is 0. The lowest BCUT2D eigenvalue weighted by Crippen LogP contribution is -2.29. The average molecular weight is 469 g/mol. The predicted octanol–water partition coefficient (Wildman–Crippen LogP) is 5.23. The van der Waals surface area contributed by atoms with Gasteiger partial charge in [0, 0.05) is 11.3 Å². The van der Waals surface area contributed by atoms with Crippen LogP contribution in [0.25, 0.3) is 0 Å². The second-order valence-electron chi connectivity index (χ2n) is 8.73. The van der Waals surface area contributed by atoms with Gasteiger partial charge in [0.1, 0.15) is 6.10 Å². The molecule has 2 aliphatic rings. The number of carbonyl (C=O) groups is 4. The summed E-state index contributed by atoms with van der Waals surface area (Å²) >= 11 is 0. The molecule has 1 heterocycles. The van der Waals surface area contributed by atoms with Gasteiger partial charge >= 0.3 is 5.97 Å². The number of anilines is 2. The Morgan fingerprint density at radius 3 is 1.91 bits per heavy atom. The number of ether oxygens (including phenoxy) is 1. The molecule has 0 saturated heterocycles. The lowest BCUT2D eigenvalue weighted by Gasteiger charge is -2.21. The Labute approximate surface area is 202 Å². The maximum atomic E-state index is 12.7. The fourth-order valence-electron chi connectivity index (χ4n) is 4.48. The summed E-state index contributed by atoms with van der Waals surface area (Å²) in [6.07, 6.45) is 5.16. The van der Waals surface area contributed by atoms with Crippen LogP contribution in [0.4, 0.5) is 11.4 Å². The highest BCUT2D eigenvalue weighted by Crippen LogP contribution is 2.28. The lowest BCUT2D eigenvalue weighted by molar-refractivity contribution is 0.0211. The van der Waals surface area contributed by atoms with Gasteiger partial charge in [-0.05, 0) is 86.3 Å². The lowest BCUT2D eigenvalue weighted by atomic mass is 9.98. The molecule has 0 radical (unpaired) electrons. The van der Waals surface area contributed by atoms with E-state index in [4.69, 9.17) is 4.74 Å². The number of esters is 1. The molecule has 0 spiro atoms. The van der Waals surface area contributed by atoms with Crippen LogP contribution in [0.15, 0.2) is 72.8 Å². The first-order valence-corrected chi connectivity index (χ1v) is 11.7. The van der Waals surface area contributed by atoms with Crippen molar-refractivity contribution >= 4 is 35.1 Å². The molecule has 5 rings (SSSR count). The van der Waals surface area contributed by atoms with Crippen LogP contribution in [0, 0.1) is 0 Å². The van der Waals surface area contributed by atoms with Crippen molar-refractivity contribution in [3.63, 3.8) is 0 Å². The van der Waals surface area contributed by atoms with Gasteiger partial charge in [0.25, 0.3) is 17.7 Å². The maximum Gasteiger partial charge on any atom is 0.338 e. The first kappa shape index (κ1) is 22.5. The summed E-state index contributed by atoms with van der Waals surface area (Å²) in [5, 5.41) is 2.79. The van der Waals surface area contributed by atoms with Gasteiger partial charge < -0.3 is 10.1 Å². The fourth-order valence-corrected chi connectivity index (χ4v) is 4.48. The predicted molar refractivity (Wildman–Crippen MR) is 131 cm³/mol. The van der Waals surface area contributed by atoms with E-state index in [-0.39, 0.29) is 29.8 Å². The molecule has 0 unspecified atom stereocenters. The molecule has 1 aliphatic carbocycles. The van der Waals surface area contributed by atoms with Crippen LogP contribution in [0.2, 0.25) is 0 Å². The van der Waals surface area contributed by atoms with Gasteiger partial charge in [-0.15, -0.1) is 0 Å². The molecule has 3 aromatic rings. The van der Waals surface area contributed by atoms with Gasteiger partial charge in [-0.2, -0.15) is 0 Å². The number of benzene rings is 3. The van der Waals surface area contributed by atoms with Gasteiger partial charge in [-0.1, -0.05) is 18.6 Å². The van der Waals surface area contributed by atoms with Crippen LogP contribution in [0.3, 0.4) is 0 Å². The molecule has 1 fully saturated rings. The van der Waals surface area contributed by atoms with Gasteiger partial charge in [-0.3, -0.25) is 14.4 Å². The van der Waals surface area contributed by atoms with Crippen molar-refractivity contribution in [2.24, 2.45) is 0 Å². The third-order valence-corrected chi connectivity index (χ3v) is 6.39. The van der Waals surface area contributed by atoms with Crippen LogP contribution in [-0.4, -0.2) is 29.8 Å². The summed E-state index contributed by atoms with van der Waals surface area (Å²) in [7, 11) is 0. The Balaban J connectivity index is 1.22. The molecule has 0 bridgehead atoms. The normalized spacial score (nSPS) is 15.6. The molecule has 3 aromatic carbocycles. The number of fused-ring (bicyclic) bond motifs is 1. The van der Waals surface area contributed by atoms with Crippen molar-refractivity contribution in [3.05, 3.63) is 95.1 Å². The van der Waals surface area contributed by atoms with Crippen LogP contribution in [0.5, 0.6) is 0 Å². The average Bonchev–Trinajstić information content (AvgIpc) is 3.15. The Bertz CT molecular complexity index is 1260. The monoisotopic (exact) mass is 468 g/mol. The summed E-state index contributed by atoms with van der Waals surface area (Å²) in [5.74, 6) is -1.47. The first-order chi connectivity index (χ1) is 17.0. The number of imide groups is 1. The number of nitrogens with one attached hydrogen (secondary N) is 1. The van der Waals surface area contributed by atoms with E-state index in [9.17, 15) is 19.2 Å². The van der Waals surface area contributed by atoms with Gasteiger partial charge in [0.15, 0.2) is 0 Å². The zero-order chi connectivity index (χ0) is 24.4. The SMILES string of the molecule is O=C(Nc1ccc(C(=O)OC2CCCCC2)cc1)c1ccc(N2C(=O)c3ccccc3C2=O)cc1. The minimum absolute atomic E-state index is 0.0149. The molecule has 0 atom stereocenters. The Morgan fingerprint density at radius 2 is 1.31 bits per heavy atom. The first-order valence-electron chi connectivity index (χ1n) is 11.7. The second-order valence-corrected chi connectivity index (χ2v) is 8.73. The van der Waals surface area contributed by atoms with Gasteiger partial charge in [0.05, 0.1) is 22.4 Å². The van der Waals surface area contributed by atoms with Crippen molar-refractivity contribution < 1.29 is 23.9 Å². The molecule has 1 aliphatic heterocycles. The minimum atomic E-state index is -0.384. The zero-order valence-electron chi connectivity index (χ0n) is 19.0.